The number of nitrogen functional groups attached to an aromatic ring is 1. The molecule has 0 bridgehead atoms. The third-order valence-electron chi connectivity index (χ3n) is 3.43. The number of benzene rings is 1. The molecule has 2 aromatic rings. The molecule has 0 aliphatic carbocycles. The quantitative estimate of drug-likeness (QED) is 0.678. The number of anilines is 1. The first-order valence-electron chi connectivity index (χ1n) is 7.02. The molecule has 2 N–H and O–H groups in total. The number of rotatable bonds is 5. The maximum absolute atomic E-state index is 12.3. The number of hydrogen-bond acceptors (Lipinski definition) is 5. The van der Waals surface area contributed by atoms with Gasteiger partial charge in [0.25, 0.3) is 0 Å². The molecule has 0 spiro atoms. The van der Waals surface area contributed by atoms with Gasteiger partial charge in [-0.25, -0.2) is 9.97 Å². The highest BCUT2D eigenvalue weighted by molar-refractivity contribution is 7.99. The second-order valence-corrected chi connectivity index (χ2v) is 6.04. The third kappa shape index (κ3) is 4.21. The fourth-order valence-electron chi connectivity index (χ4n) is 2.03. The zero-order chi connectivity index (χ0) is 16.1. The van der Waals surface area contributed by atoms with E-state index in [0.29, 0.717) is 11.0 Å². The van der Waals surface area contributed by atoms with E-state index in [1.807, 2.05) is 51.2 Å². The van der Waals surface area contributed by atoms with Crippen LogP contribution in [0.1, 0.15) is 24.2 Å². The lowest BCUT2D eigenvalue weighted by Crippen LogP contribution is -2.31. The Kier molecular flexibility index (Phi) is 5.38. The van der Waals surface area contributed by atoms with Crippen LogP contribution < -0.4 is 5.73 Å². The minimum absolute atomic E-state index is 0.0257. The van der Waals surface area contributed by atoms with Crippen molar-refractivity contribution in [1.29, 1.82) is 0 Å². The minimum atomic E-state index is 0.0257. The van der Waals surface area contributed by atoms with Crippen LogP contribution in [-0.2, 0) is 4.79 Å². The number of nitrogens with zero attached hydrogens (tertiary/aromatic N) is 3. The lowest BCUT2D eigenvalue weighted by molar-refractivity contribution is -0.128. The van der Waals surface area contributed by atoms with Gasteiger partial charge in [0, 0.05) is 18.8 Å². The number of carbonyl (C=O) groups excluding carboxylic acids is 1. The number of nitrogens with two attached hydrogens (primary N) is 1. The molecule has 1 aromatic carbocycles. The van der Waals surface area contributed by atoms with Crippen molar-refractivity contribution in [2.75, 3.05) is 18.5 Å². The minimum Gasteiger partial charge on any atom is -0.384 e. The summed E-state index contributed by atoms with van der Waals surface area (Å²) in [5, 5.41) is 0.534. The molecule has 2 rings (SSSR count). The van der Waals surface area contributed by atoms with E-state index >= 15 is 0 Å². The molecule has 0 radical (unpaired) electrons. The lowest BCUT2D eigenvalue weighted by atomic mass is 10.1. The molecule has 1 aromatic heterocycles. The number of hydrogen-bond donors (Lipinski definition) is 1. The summed E-state index contributed by atoms with van der Waals surface area (Å²) in [5.74, 6) is 0.745. The second kappa shape index (κ2) is 7.26. The molecule has 6 heteroatoms. The third-order valence-corrected chi connectivity index (χ3v) is 4.27. The molecular weight excluding hydrogens is 296 g/mol. The predicted octanol–water partition coefficient (Wildman–Crippen LogP) is 2.68. The number of aromatic nitrogens is 2. The summed E-state index contributed by atoms with van der Waals surface area (Å²) in [6.45, 7) is 3.87. The van der Waals surface area contributed by atoms with Gasteiger partial charge in [0.15, 0.2) is 5.16 Å². The van der Waals surface area contributed by atoms with Crippen LogP contribution in [0.2, 0.25) is 0 Å². The van der Waals surface area contributed by atoms with Gasteiger partial charge in [0.1, 0.15) is 5.82 Å². The highest BCUT2D eigenvalue weighted by Crippen LogP contribution is 2.21. The number of carbonyl (C=O) groups is 1. The highest BCUT2D eigenvalue weighted by Gasteiger charge is 2.17. The molecule has 116 valence electrons. The highest BCUT2D eigenvalue weighted by atomic mass is 32.2. The molecule has 1 heterocycles. The maximum Gasteiger partial charge on any atom is 0.233 e. The van der Waals surface area contributed by atoms with E-state index in [1.54, 1.807) is 11.0 Å². The number of amides is 1. The van der Waals surface area contributed by atoms with Crippen LogP contribution in [0.3, 0.4) is 0 Å². The molecule has 0 aliphatic heterocycles. The van der Waals surface area contributed by atoms with E-state index in [2.05, 4.69) is 9.97 Å². The van der Waals surface area contributed by atoms with Gasteiger partial charge in [0.05, 0.1) is 11.8 Å². The van der Waals surface area contributed by atoms with Gasteiger partial charge < -0.3 is 10.6 Å². The Morgan fingerprint density at radius 2 is 2.00 bits per heavy atom. The summed E-state index contributed by atoms with van der Waals surface area (Å²) in [6, 6.07) is 11.7. The first-order valence-corrected chi connectivity index (χ1v) is 8.00. The van der Waals surface area contributed by atoms with Crippen molar-refractivity contribution in [3.63, 3.8) is 0 Å². The van der Waals surface area contributed by atoms with E-state index in [4.69, 9.17) is 5.73 Å². The standard InChI is InChI=1S/C16H20N4OS/c1-11-9-14(17)19-16(18-11)22-10-15(21)20(3)12(2)13-7-5-4-6-8-13/h4-9,12H,10H2,1-3H3,(H2,17,18,19). The van der Waals surface area contributed by atoms with E-state index < -0.39 is 0 Å². The van der Waals surface area contributed by atoms with Gasteiger partial charge in [0.2, 0.25) is 5.91 Å². The average Bonchev–Trinajstić information content (AvgIpc) is 2.51. The van der Waals surface area contributed by atoms with Crippen LogP contribution in [-0.4, -0.2) is 33.6 Å². The summed E-state index contributed by atoms with van der Waals surface area (Å²) in [4.78, 5) is 22.5. The number of thioether (sulfide) groups is 1. The van der Waals surface area contributed by atoms with E-state index in [-0.39, 0.29) is 17.7 Å². The fraction of sp³-hybridized carbons (Fsp3) is 0.312. The van der Waals surface area contributed by atoms with E-state index in [1.165, 1.54) is 11.8 Å². The van der Waals surface area contributed by atoms with Crippen LogP contribution >= 0.6 is 11.8 Å². The Labute approximate surface area is 135 Å². The monoisotopic (exact) mass is 316 g/mol. The van der Waals surface area contributed by atoms with Crippen LogP contribution in [0.25, 0.3) is 0 Å². The Morgan fingerprint density at radius 3 is 2.64 bits per heavy atom. The van der Waals surface area contributed by atoms with Crippen molar-refractivity contribution >= 4 is 23.5 Å². The van der Waals surface area contributed by atoms with Gasteiger partial charge in [-0.05, 0) is 19.4 Å². The first kappa shape index (κ1) is 16.3. The zero-order valence-corrected chi connectivity index (χ0v) is 13.8. The zero-order valence-electron chi connectivity index (χ0n) is 13.0. The van der Waals surface area contributed by atoms with Gasteiger partial charge >= 0.3 is 0 Å². The van der Waals surface area contributed by atoms with Crippen molar-refractivity contribution in [1.82, 2.24) is 14.9 Å². The lowest BCUT2D eigenvalue weighted by Gasteiger charge is -2.25. The normalized spacial score (nSPS) is 12.0. The molecule has 1 amide bonds. The summed E-state index contributed by atoms with van der Waals surface area (Å²) >= 11 is 1.30. The van der Waals surface area contributed by atoms with Gasteiger partial charge in [-0.3, -0.25) is 4.79 Å². The Balaban J connectivity index is 1.96. The smallest absolute Gasteiger partial charge is 0.233 e. The van der Waals surface area contributed by atoms with Crippen LogP contribution in [0.4, 0.5) is 5.82 Å². The van der Waals surface area contributed by atoms with Crippen molar-refractivity contribution in [2.45, 2.75) is 25.0 Å². The molecule has 5 nitrogen and oxygen atoms in total. The molecule has 0 aliphatic rings. The van der Waals surface area contributed by atoms with Crippen LogP contribution in [0.5, 0.6) is 0 Å². The molecule has 0 fully saturated rings. The molecule has 0 saturated carbocycles. The number of aryl methyl sites for hydroxylation is 1. The summed E-state index contributed by atoms with van der Waals surface area (Å²) < 4.78 is 0. The largest absolute Gasteiger partial charge is 0.384 e. The Morgan fingerprint density at radius 1 is 1.32 bits per heavy atom. The van der Waals surface area contributed by atoms with Gasteiger partial charge in [-0.1, -0.05) is 42.1 Å². The topological polar surface area (TPSA) is 72.1 Å². The van der Waals surface area contributed by atoms with Crippen LogP contribution in [0.15, 0.2) is 41.6 Å². The fourth-order valence-corrected chi connectivity index (χ4v) is 2.86. The van der Waals surface area contributed by atoms with Crippen LogP contribution in [0, 0.1) is 6.92 Å². The van der Waals surface area contributed by atoms with Crippen molar-refractivity contribution in [2.24, 2.45) is 0 Å². The maximum atomic E-state index is 12.3. The second-order valence-electron chi connectivity index (χ2n) is 5.10. The van der Waals surface area contributed by atoms with E-state index in [0.717, 1.165) is 11.3 Å². The van der Waals surface area contributed by atoms with Crippen molar-refractivity contribution < 1.29 is 4.79 Å². The van der Waals surface area contributed by atoms with Crippen molar-refractivity contribution in [3.8, 4) is 0 Å². The Hall–Kier alpha value is -2.08. The Bertz CT molecular complexity index is 628. The summed E-state index contributed by atoms with van der Waals surface area (Å²) in [7, 11) is 1.81. The molecule has 1 unspecified atom stereocenters. The average molecular weight is 316 g/mol. The van der Waals surface area contributed by atoms with Gasteiger partial charge in [-0.15, -0.1) is 0 Å². The molecular formula is C16H20N4OS. The van der Waals surface area contributed by atoms with E-state index in [9.17, 15) is 4.79 Å². The predicted molar refractivity (Wildman–Crippen MR) is 89.5 cm³/mol. The summed E-state index contributed by atoms with van der Waals surface area (Å²) in [5.41, 5.74) is 7.60. The molecule has 0 saturated heterocycles. The SMILES string of the molecule is Cc1cc(N)nc(SCC(=O)N(C)C(C)c2ccccc2)n1. The molecule has 1 atom stereocenters. The first-order chi connectivity index (χ1) is 10.5. The molecule has 22 heavy (non-hydrogen) atoms. The van der Waals surface area contributed by atoms with Crippen molar-refractivity contribution in [3.05, 3.63) is 47.7 Å². The summed E-state index contributed by atoms with van der Waals surface area (Å²) in [6.07, 6.45) is 0. The van der Waals surface area contributed by atoms with Gasteiger partial charge in [-0.2, -0.15) is 0 Å².